The SMILES string of the molecule is CC12c3ccccc3N(c3cccc(-c4ccc5c(c4)C4(C6=C5C=CCC6)c5ccccc5-c5ccccc54)c3)c3ccccc3C1C1=C(C=CCC1)N2c1ccccc1. The molecule has 286 valence electrons. The Hall–Kier alpha value is -6.90. The van der Waals surface area contributed by atoms with Crippen molar-refractivity contribution in [2.24, 2.45) is 0 Å². The average Bonchev–Trinajstić information content (AvgIpc) is 3.86. The summed E-state index contributed by atoms with van der Waals surface area (Å²) in [5.41, 5.74) is 23.7. The molecule has 2 atom stereocenters. The zero-order valence-corrected chi connectivity index (χ0v) is 33.8. The Balaban J connectivity index is 1.01. The van der Waals surface area contributed by atoms with Crippen LogP contribution >= 0.6 is 0 Å². The van der Waals surface area contributed by atoms with E-state index in [0.29, 0.717) is 0 Å². The van der Waals surface area contributed by atoms with E-state index in [1.54, 1.807) is 5.57 Å². The van der Waals surface area contributed by atoms with Gasteiger partial charge in [0.15, 0.2) is 0 Å². The lowest BCUT2D eigenvalue weighted by atomic mass is 9.68. The Kier molecular flexibility index (Phi) is 7.12. The number of hydrogen-bond acceptors (Lipinski definition) is 2. The van der Waals surface area contributed by atoms with Crippen LogP contribution in [0.4, 0.5) is 22.7 Å². The van der Waals surface area contributed by atoms with Crippen molar-refractivity contribution >= 4 is 28.3 Å². The molecule has 0 amide bonds. The first-order chi connectivity index (χ1) is 29.7. The van der Waals surface area contributed by atoms with Gasteiger partial charge in [-0.1, -0.05) is 146 Å². The molecular formula is C58H44N2. The van der Waals surface area contributed by atoms with Crippen molar-refractivity contribution < 1.29 is 0 Å². The quantitative estimate of drug-likeness (QED) is 0.177. The maximum atomic E-state index is 2.65. The van der Waals surface area contributed by atoms with Crippen molar-refractivity contribution in [2.45, 2.75) is 49.5 Å². The number of nitrogens with zero attached hydrogens (tertiary/aromatic N) is 2. The zero-order valence-electron chi connectivity index (χ0n) is 33.8. The highest BCUT2D eigenvalue weighted by Crippen LogP contribution is 2.65. The van der Waals surface area contributed by atoms with Gasteiger partial charge in [0.25, 0.3) is 0 Å². The van der Waals surface area contributed by atoms with Crippen molar-refractivity contribution in [2.75, 3.05) is 9.80 Å². The van der Waals surface area contributed by atoms with Gasteiger partial charge in [0.2, 0.25) is 0 Å². The number of anilines is 4. The Labute approximate surface area is 352 Å². The van der Waals surface area contributed by atoms with E-state index in [2.05, 4.69) is 211 Å². The van der Waals surface area contributed by atoms with E-state index < -0.39 is 0 Å². The van der Waals surface area contributed by atoms with Crippen LogP contribution < -0.4 is 9.80 Å². The van der Waals surface area contributed by atoms with Gasteiger partial charge in [-0.15, -0.1) is 0 Å². The summed E-state index contributed by atoms with van der Waals surface area (Å²) < 4.78 is 0. The van der Waals surface area contributed by atoms with Crippen molar-refractivity contribution in [3.8, 4) is 22.3 Å². The van der Waals surface area contributed by atoms with Gasteiger partial charge in [-0.3, -0.25) is 0 Å². The topological polar surface area (TPSA) is 6.48 Å². The summed E-state index contributed by atoms with van der Waals surface area (Å²) in [7, 11) is 0. The van der Waals surface area contributed by atoms with Crippen LogP contribution in [0.15, 0.2) is 211 Å². The Morgan fingerprint density at radius 2 is 1.15 bits per heavy atom. The first-order valence-electron chi connectivity index (χ1n) is 21.8. The molecule has 2 unspecified atom stereocenters. The third kappa shape index (κ3) is 4.33. The fourth-order valence-corrected chi connectivity index (χ4v) is 12.5. The maximum Gasteiger partial charge on any atom is 0.0801 e. The van der Waals surface area contributed by atoms with Crippen molar-refractivity contribution in [3.63, 3.8) is 0 Å². The van der Waals surface area contributed by atoms with E-state index in [4.69, 9.17) is 0 Å². The highest BCUT2D eigenvalue weighted by atomic mass is 15.3. The van der Waals surface area contributed by atoms with Gasteiger partial charge in [-0.2, -0.15) is 0 Å². The highest BCUT2D eigenvalue weighted by Gasteiger charge is 2.55. The number of allylic oxidation sites excluding steroid dienone is 6. The molecule has 2 heterocycles. The molecule has 0 fully saturated rings. The number of benzene rings is 7. The summed E-state index contributed by atoms with van der Waals surface area (Å²) >= 11 is 0. The number of fused-ring (bicyclic) bond motifs is 15. The van der Waals surface area contributed by atoms with E-state index >= 15 is 0 Å². The number of hydrogen-bond donors (Lipinski definition) is 0. The predicted molar refractivity (Wildman–Crippen MR) is 248 cm³/mol. The first-order valence-corrected chi connectivity index (χ1v) is 21.8. The summed E-state index contributed by atoms with van der Waals surface area (Å²) in [5.74, 6) is 0.181. The van der Waals surface area contributed by atoms with Gasteiger partial charge in [0, 0.05) is 28.6 Å². The van der Waals surface area contributed by atoms with Crippen LogP contribution in [0.2, 0.25) is 0 Å². The van der Waals surface area contributed by atoms with E-state index in [1.807, 2.05) is 0 Å². The molecular weight excluding hydrogens is 725 g/mol. The Morgan fingerprint density at radius 3 is 1.97 bits per heavy atom. The van der Waals surface area contributed by atoms with Crippen LogP contribution in [-0.2, 0) is 11.0 Å². The maximum absolute atomic E-state index is 2.65. The molecule has 13 rings (SSSR count). The molecule has 2 nitrogen and oxygen atoms in total. The van der Waals surface area contributed by atoms with E-state index in [-0.39, 0.29) is 16.9 Å². The van der Waals surface area contributed by atoms with E-state index in [9.17, 15) is 0 Å². The number of para-hydroxylation sites is 3. The van der Waals surface area contributed by atoms with Crippen LogP contribution in [0.1, 0.15) is 71.9 Å². The third-order valence-electron chi connectivity index (χ3n) is 14.7. The Morgan fingerprint density at radius 1 is 0.500 bits per heavy atom. The van der Waals surface area contributed by atoms with Crippen molar-refractivity contribution in [1.29, 1.82) is 0 Å². The van der Waals surface area contributed by atoms with Crippen molar-refractivity contribution in [1.82, 2.24) is 0 Å². The summed E-state index contributed by atoms with van der Waals surface area (Å²) in [6.45, 7) is 2.49. The minimum Gasteiger partial charge on any atom is -0.330 e. The smallest absolute Gasteiger partial charge is 0.0801 e. The van der Waals surface area contributed by atoms with Crippen LogP contribution in [0.3, 0.4) is 0 Å². The molecule has 0 aromatic heterocycles. The normalized spacial score (nSPS) is 20.9. The predicted octanol–water partition coefficient (Wildman–Crippen LogP) is 14.7. The summed E-state index contributed by atoms with van der Waals surface area (Å²) in [5, 5.41) is 0. The van der Waals surface area contributed by atoms with Gasteiger partial charge in [0.05, 0.1) is 22.3 Å². The average molecular weight is 769 g/mol. The second-order valence-electron chi connectivity index (χ2n) is 17.5. The van der Waals surface area contributed by atoms with Gasteiger partial charge in [-0.25, -0.2) is 0 Å². The molecule has 0 N–H and O–H groups in total. The lowest BCUT2D eigenvalue weighted by Gasteiger charge is -2.43. The molecule has 0 saturated heterocycles. The molecule has 1 spiro atoms. The van der Waals surface area contributed by atoms with Crippen LogP contribution in [0.25, 0.3) is 27.8 Å². The van der Waals surface area contributed by atoms with Crippen LogP contribution in [0, 0.1) is 0 Å². The molecule has 4 aliphatic carbocycles. The molecule has 0 saturated carbocycles. The van der Waals surface area contributed by atoms with Crippen LogP contribution in [-0.4, -0.2) is 0 Å². The van der Waals surface area contributed by atoms with Crippen molar-refractivity contribution in [3.05, 3.63) is 244 Å². The number of rotatable bonds is 3. The van der Waals surface area contributed by atoms with Crippen LogP contribution in [0.5, 0.6) is 0 Å². The lowest BCUT2D eigenvalue weighted by Crippen LogP contribution is -2.43. The molecule has 0 bridgehead atoms. The molecule has 60 heavy (non-hydrogen) atoms. The summed E-state index contributed by atoms with van der Waals surface area (Å²) in [6.07, 6.45) is 13.8. The van der Waals surface area contributed by atoms with Gasteiger partial charge in [-0.05, 0) is 148 Å². The minimum absolute atomic E-state index is 0.181. The molecule has 2 aliphatic heterocycles. The third-order valence-corrected chi connectivity index (χ3v) is 14.7. The largest absolute Gasteiger partial charge is 0.330 e. The fourth-order valence-electron chi connectivity index (χ4n) is 12.5. The first kappa shape index (κ1) is 34.0. The Bertz CT molecular complexity index is 3040. The molecule has 7 aromatic carbocycles. The molecule has 6 aliphatic rings. The van der Waals surface area contributed by atoms with Gasteiger partial charge >= 0.3 is 0 Å². The van der Waals surface area contributed by atoms with E-state index in [0.717, 1.165) is 25.7 Å². The fraction of sp³-hybridized carbons (Fsp3) is 0.138. The summed E-state index contributed by atoms with van der Waals surface area (Å²) in [6, 6.07) is 64.5. The highest BCUT2D eigenvalue weighted by molar-refractivity contribution is 5.98. The second kappa shape index (κ2) is 12.6. The van der Waals surface area contributed by atoms with Gasteiger partial charge < -0.3 is 9.80 Å². The molecule has 7 aromatic rings. The monoisotopic (exact) mass is 768 g/mol. The second-order valence-corrected chi connectivity index (χ2v) is 17.5. The van der Waals surface area contributed by atoms with E-state index in [1.165, 1.54) is 95.2 Å². The van der Waals surface area contributed by atoms with Gasteiger partial charge in [0.1, 0.15) is 0 Å². The molecule has 0 radical (unpaired) electrons. The standard InChI is InChI=1S/C58H44N2/c1-57-51-30-13-16-33-55(51)59(53-31-14-8-25-46(53)56(57)47-26-9-15-32-54(47)60(57)40-19-3-2-4-20-40)41-21-17-18-38(36-41)39-34-35-45-44-24-7-12-29-50(44)58(52(45)37-39)48-27-10-5-22-42(48)43-23-6-11-28-49(43)58/h2-8,10-11,13-25,27-28,30-37,56H,9,12,26,29H2,1H3. The lowest BCUT2D eigenvalue weighted by molar-refractivity contribution is 0.443. The summed E-state index contributed by atoms with van der Waals surface area (Å²) in [4.78, 5) is 5.21. The zero-order chi connectivity index (χ0) is 39.6. The minimum atomic E-state index is -0.359. The molecule has 2 heteroatoms.